The van der Waals surface area contributed by atoms with Crippen molar-refractivity contribution in [2.75, 3.05) is 26.2 Å². The van der Waals surface area contributed by atoms with Crippen molar-refractivity contribution in [2.24, 2.45) is 0 Å². The minimum atomic E-state index is -0.346. The Balaban J connectivity index is 2.73. The average molecular weight is 222 g/mol. The zero-order valence-electron chi connectivity index (χ0n) is 10.7. The first-order chi connectivity index (χ1) is 7.67. The maximum absolute atomic E-state index is 10.2. The Morgan fingerprint density at radius 2 is 1.50 bits per heavy atom. The Hall–Kier alpha value is -0.860. The van der Waals surface area contributed by atoms with E-state index in [0.29, 0.717) is 0 Å². The van der Waals surface area contributed by atoms with Crippen LogP contribution in [0.25, 0.3) is 0 Å². The van der Waals surface area contributed by atoms with Crippen LogP contribution in [0.5, 0.6) is 0 Å². The van der Waals surface area contributed by atoms with Crippen molar-refractivity contribution in [3.63, 3.8) is 0 Å². The van der Waals surface area contributed by atoms with Crippen molar-refractivity contribution in [2.45, 2.75) is 26.9 Å². The molecule has 1 aromatic carbocycles. The van der Waals surface area contributed by atoms with E-state index in [0.717, 1.165) is 36.2 Å². The molecule has 1 unspecified atom stereocenters. The summed E-state index contributed by atoms with van der Waals surface area (Å²) in [5, 5.41) is 10.2. The average Bonchev–Trinajstić information content (AvgIpc) is 2.37. The van der Waals surface area contributed by atoms with E-state index in [-0.39, 0.29) is 6.10 Å². The Morgan fingerprint density at radius 1 is 1.00 bits per heavy atom. The summed E-state index contributed by atoms with van der Waals surface area (Å²) in [5.74, 6) is 0. The van der Waals surface area contributed by atoms with Crippen molar-refractivity contribution in [1.29, 1.82) is 0 Å². The second-order valence-electron chi connectivity index (χ2n) is 4.40. The van der Waals surface area contributed by atoms with Gasteiger partial charge in [-0.1, -0.05) is 30.3 Å². The van der Waals surface area contributed by atoms with Crippen LogP contribution in [0.2, 0.25) is 0 Å². The molecule has 0 aliphatic carbocycles. The number of benzene rings is 1. The molecule has 0 aliphatic heterocycles. The highest BCUT2D eigenvalue weighted by atomic mass is 16.3. The number of rotatable bonds is 6. The molecule has 2 nitrogen and oxygen atoms in total. The molecule has 16 heavy (non-hydrogen) atoms. The molecule has 2 heteroatoms. The number of hydrogen-bond donors (Lipinski definition) is 1. The highest BCUT2D eigenvalue weighted by Gasteiger charge is 2.25. The topological polar surface area (TPSA) is 20.2 Å². The van der Waals surface area contributed by atoms with Gasteiger partial charge in [0, 0.05) is 0 Å². The Kier molecular flexibility index (Phi) is 4.97. The van der Waals surface area contributed by atoms with Gasteiger partial charge in [-0.15, -0.1) is 0 Å². The lowest BCUT2D eigenvalue weighted by Gasteiger charge is -2.37. The third kappa shape index (κ3) is 3.06. The van der Waals surface area contributed by atoms with Crippen molar-refractivity contribution in [3.8, 4) is 0 Å². The van der Waals surface area contributed by atoms with E-state index in [9.17, 15) is 5.11 Å². The molecule has 1 atom stereocenters. The van der Waals surface area contributed by atoms with Gasteiger partial charge in [0.05, 0.1) is 19.6 Å². The minimum absolute atomic E-state index is 0.346. The normalized spacial score (nSPS) is 13.8. The SMILES string of the molecule is CC[N+](CC)(CC)CC(O)c1ccccc1. The smallest absolute Gasteiger partial charge is 0.128 e. The number of nitrogens with zero attached hydrogens (tertiary/aromatic N) is 1. The third-order valence-corrected chi connectivity index (χ3v) is 3.76. The minimum Gasteiger partial charge on any atom is -0.382 e. The fourth-order valence-corrected chi connectivity index (χ4v) is 2.21. The van der Waals surface area contributed by atoms with E-state index < -0.39 is 0 Å². The summed E-state index contributed by atoms with van der Waals surface area (Å²) >= 11 is 0. The van der Waals surface area contributed by atoms with Gasteiger partial charge in [-0.25, -0.2) is 0 Å². The summed E-state index contributed by atoms with van der Waals surface area (Å²) in [7, 11) is 0. The fraction of sp³-hybridized carbons (Fsp3) is 0.571. The van der Waals surface area contributed by atoms with E-state index in [2.05, 4.69) is 20.8 Å². The monoisotopic (exact) mass is 222 g/mol. The molecule has 0 amide bonds. The summed E-state index contributed by atoms with van der Waals surface area (Å²) in [6.07, 6.45) is -0.346. The van der Waals surface area contributed by atoms with E-state index in [1.165, 1.54) is 0 Å². The van der Waals surface area contributed by atoms with Crippen molar-refractivity contribution < 1.29 is 9.59 Å². The van der Waals surface area contributed by atoms with Gasteiger partial charge in [-0.3, -0.25) is 0 Å². The molecule has 90 valence electrons. The van der Waals surface area contributed by atoms with Gasteiger partial charge in [0.15, 0.2) is 0 Å². The molecule has 0 radical (unpaired) electrons. The van der Waals surface area contributed by atoms with E-state index >= 15 is 0 Å². The van der Waals surface area contributed by atoms with Gasteiger partial charge in [-0.05, 0) is 26.3 Å². The zero-order chi connectivity index (χ0) is 12.0. The van der Waals surface area contributed by atoms with Crippen LogP contribution < -0.4 is 0 Å². The van der Waals surface area contributed by atoms with Gasteiger partial charge in [0.2, 0.25) is 0 Å². The standard InChI is InChI=1S/C14H24NO/c1-4-15(5-2,6-3)12-14(16)13-10-8-7-9-11-13/h7-11,14,16H,4-6,12H2,1-3H3/q+1. The molecule has 0 fully saturated rings. The molecule has 0 spiro atoms. The Labute approximate surface area is 99.1 Å². The highest BCUT2D eigenvalue weighted by Crippen LogP contribution is 2.18. The fourth-order valence-electron chi connectivity index (χ4n) is 2.21. The van der Waals surface area contributed by atoms with Gasteiger partial charge in [-0.2, -0.15) is 0 Å². The van der Waals surface area contributed by atoms with Crippen LogP contribution in [0.15, 0.2) is 30.3 Å². The first-order valence-corrected chi connectivity index (χ1v) is 6.25. The van der Waals surface area contributed by atoms with Crippen molar-refractivity contribution in [3.05, 3.63) is 35.9 Å². The van der Waals surface area contributed by atoms with Gasteiger partial charge < -0.3 is 9.59 Å². The Morgan fingerprint density at radius 3 is 1.94 bits per heavy atom. The third-order valence-electron chi connectivity index (χ3n) is 3.76. The van der Waals surface area contributed by atoms with Crippen LogP contribution >= 0.6 is 0 Å². The van der Waals surface area contributed by atoms with Gasteiger partial charge in [0.25, 0.3) is 0 Å². The van der Waals surface area contributed by atoms with Crippen LogP contribution in [-0.4, -0.2) is 35.8 Å². The van der Waals surface area contributed by atoms with Crippen LogP contribution in [0.3, 0.4) is 0 Å². The predicted octanol–water partition coefficient (Wildman–Crippen LogP) is 2.60. The first kappa shape index (κ1) is 13.2. The number of aliphatic hydroxyl groups is 1. The number of aliphatic hydroxyl groups excluding tert-OH is 1. The molecule has 0 aromatic heterocycles. The molecule has 0 heterocycles. The van der Waals surface area contributed by atoms with Crippen LogP contribution in [0.4, 0.5) is 0 Å². The zero-order valence-corrected chi connectivity index (χ0v) is 10.7. The lowest BCUT2D eigenvalue weighted by atomic mass is 10.1. The van der Waals surface area contributed by atoms with E-state index in [4.69, 9.17) is 0 Å². The molecular formula is C14H24NO+. The quantitative estimate of drug-likeness (QED) is 0.734. The number of hydrogen-bond acceptors (Lipinski definition) is 1. The van der Waals surface area contributed by atoms with Crippen LogP contribution in [0, 0.1) is 0 Å². The first-order valence-electron chi connectivity index (χ1n) is 6.25. The Bertz CT molecular complexity index is 285. The van der Waals surface area contributed by atoms with Crippen LogP contribution in [0.1, 0.15) is 32.4 Å². The maximum Gasteiger partial charge on any atom is 0.128 e. The van der Waals surface area contributed by atoms with Crippen LogP contribution in [-0.2, 0) is 0 Å². The predicted molar refractivity (Wildman–Crippen MR) is 68.2 cm³/mol. The molecule has 0 bridgehead atoms. The second-order valence-corrected chi connectivity index (χ2v) is 4.40. The summed E-state index contributed by atoms with van der Waals surface area (Å²) in [4.78, 5) is 0. The largest absolute Gasteiger partial charge is 0.382 e. The lowest BCUT2D eigenvalue weighted by molar-refractivity contribution is -0.926. The second kappa shape index (κ2) is 6.02. The molecule has 0 aliphatic rings. The van der Waals surface area contributed by atoms with E-state index in [1.807, 2.05) is 30.3 Å². The lowest BCUT2D eigenvalue weighted by Crippen LogP contribution is -2.49. The number of likely N-dealkylation sites (N-methyl/N-ethyl adjacent to an activating group) is 1. The molecule has 1 rings (SSSR count). The van der Waals surface area contributed by atoms with Gasteiger partial charge >= 0.3 is 0 Å². The van der Waals surface area contributed by atoms with Gasteiger partial charge in [0.1, 0.15) is 12.6 Å². The molecular weight excluding hydrogens is 198 g/mol. The summed E-state index contributed by atoms with van der Waals surface area (Å²) in [6, 6.07) is 9.95. The van der Waals surface area contributed by atoms with E-state index in [1.54, 1.807) is 0 Å². The maximum atomic E-state index is 10.2. The molecule has 1 aromatic rings. The van der Waals surface area contributed by atoms with Crippen molar-refractivity contribution >= 4 is 0 Å². The molecule has 0 saturated carbocycles. The summed E-state index contributed by atoms with van der Waals surface area (Å²) in [6.45, 7) is 10.7. The highest BCUT2D eigenvalue weighted by molar-refractivity contribution is 5.17. The number of quaternary nitrogens is 1. The van der Waals surface area contributed by atoms with Crippen molar-refractivity contribution in [1.82, 2.24) is 0 Å². The molecule has 0 saturated heterocycles. The summed E-state index contributed by atoms with van der Waals surface area (Å²) < 4.78 is 0.982. The molecule has 1 N–H and O–H groups in total. The summed E-state index contributed by atoms with van der Waals surface area (Å²) in [5.41, 5.74) is 1.03.